The van der Waals surface area contributed by atoms with Crippen LogP contribution < -0.4 is 0 Å². The van der Waals surface area contributed by atoms with Crippen LogP contribution in [0, 0.1) is 0 Å². The summed E-state index contributed by atoms with van der Waals surface area (Å²) < 4.78 is 4.97. The molecule has 2 aliphatic rings. The number of hydrogen-bond acceptors (Lipinski definition) is 3. The lowest BCUT2D eigenvalue weighted by molar-refractivity contribution is 0.922. The molecule has 9 aromatic rings. The van der Waals surface area contributed by atoms with E-state index in [2.05, 4.69) is 151 Å². The molecule has 0 radical (unpaired) electrons. The molecule has 4 heteroatoms. The number of nitrogens with zero attached hydrogens (tertiary/aromatic N) is 3. The molecular weight excluding hydrogens is 639 g/mol. The van der Waals surface area contributed by atoms with Crippen molar-refractivity contribution in [2.45, 2.75) is 12.8 Å². The van der Waals surface area contributed by atoms with Crippen molar-refractivity contribution in [3.05, 3.63) is 169 Å². The van der Waals surface area contributed by atoms with Crippen LogP contribution >= 0.6 is 11.3 Å². The average molecular weight is 670 g/mol. The van der Waals surface area contributed by atoms with E-state index >= 15 is 0 Å². The van der Waals surface area contributed by atoms with Gasteiger partial charge in [0.25, 0.3) is 0 Å². The van der Waals surface area contributed by atoms with Crippen LogP contribution in [0.15, 0.2) is 173 Å². The molecular formula is C47H31N3S. The van der Waals surface area contributed by atoms with E-state index in [9.17, 15) is 0 Å². The molecule has 0 bridgehead atoms. The van der Waals surface area contributed by atoms with Gasteiger partial charge in [-0.25, -0.2) is 4.99 Å². The Hall–Kier alpha value is -6.10. The van der Waals surface area contributed by atoms with Crippen molar-refractivity contribution in [2.24, 2.45) is 9.98 Å². The molecule has 0 atom stereocenters. The molecule has 0 fully saturated rings. The van der Waals surface area contributed by atoms with Gasteiger partial charge in [0.1, 0.15) is 5.71 Å². The number of aliphatic imine (C=N–C) groups is 2. The summed E-state index contributed by atoms with van der Waals surface area (Å²) in [4.78, 5) is 11.0. The highest BCUT2D eigenvalue weighted by Gasteiger charge is 2.28. The number of thiophene rings is 1. The molecule has 0 saturated heterocycles. The first-order chi connectivity index (χ1) is 25.2. The van der Waals surface area contributed by atoms with Gasteiger partial charge in [0.2, 0.25) is 0 Å². The van der Waals surface area contributed by atoms with E-state index in [1.165, 1.54) is 79.9 Å². The van der Waals surface area contributed by atoms with E-state index in [1.807, 2.05) is 11.3 Å². The van der Waals surface area contributed by atoms with Crippen molar-refractivity contribution >= 4 is 97.2 Å². The molecule has 51 heavy (non-hydrogen) atoms. The van der Waals surface area contributed by atoms with Crippen molar-refractivity contribution in [1.29, 1.82) is 0 Å². The summed E-state index contributed by atoms with van der Waals surface area (Å²) in [6, 6.07) is 46.4. The normalized spacial score (nSPS) is 15.3. The number of hydrogen-bond donors (Lipinski definition) is 0. The first-order valence-electron chi connectivity index (χ1n) is 17.6. The Morgan fingerprint density at radius 3 is 2.22 bits per heavy atom. The fourth-order valence-electron chi connectivity index (χ4n) is 8.55. The van der Waals surface area contributed by atoms with Gasteiger partial charge in [-0.2, -0.15) is 0 Å². The lowest BCUT2D eigenvalue weighted by Crippen LogP contribution is -2.26. The van der Waals surface area contributed by atoms with Crippen LogP contribution in [0.25, 0.3) is 74.3 Å². The van der Waals surface area contributed by atoms with E-state index in [0.717, 1.165) is 41.2 Å². The van der Waals surface area contributed by atoms with Gasteiger partial charge in [-0.15, -0.1) is 11.3 Å². The van der Waals surface area contributed by atoms with Gasteiger partial charge in [0.15, 0.2) is 5.84 Å². The number of para-hydroxylation sites is 1. The number of aromatic nitrogens is 1. The zero-order chi connectivity index (χ0) is 33.6. The number of benzene rings is 7. The van der Waals surface area contributed by atoms with Gasteiger partial charge in [-0.05, 0) is 74.5 Å². The molecule has 7 aromatic carbocycles. The fraction of sp³-hybridized carbons (Fsp3) is 0.0638. The first-order valence-corrected chi connectivity index (χ1v) is 18.4. The number of allylic oxidation sites excluding steroid dienone is 2. The Kier molecular flexibility index (Phi) is 6.16. The fourth-order valence-corrected chi connectivity index (χ4v) is 9.82. The Bertz CT molecular complexity index is 3130. The average Bonchev–Trinajstić information content (AvgIpc) is 3.74. The minimum atomic E-state index is 0.580. The molecule has 0 amide bonds. The lowest BCUT2D eigenvalue weighted by atomic mass is 9.94. The molecule has 0 N–H and O–H groups in total. The Morgan fingerprint density at radius 1 is 0.647 bits per heavy atom. The summed E-state index contributed by atoms with van der Waals surface area (Å²) in [6.45, 7) is 5.21. The van der Waals surface area contributed by atoms with Crippen molar-refractivity contribution in [3.8, 4) is 0 Å². The van der Waals surface area contributed by atoms with Crippen molar-refractivity contribution in [1.82, 2.24) is 4.57 Å². The standard InChI is InChI=1S/C47H31N3S/c1-28-34-16-6-5-15-33(34)27-48-44(32-23-22-29-12-2-3-14-31(29)26-32)47(49-28)50-39-21-11-10-20-38(39)41-36-18-8-9-19-37(36)43-42-35-17-7-4-13-30(35)24-25-40(42)51-46(43)45(41)50/h2-5,7-15,17-26H,1,6,16,27H2. The van der Waals surface area contributed by atoms with Crippen LogP contribution in [-0.2, 0) is 0 Å². The lowest BCUT2D eigenvalue weighted by Gasteiger charge is -2.22. The first kappa shape index (κ1) is 28.7. The van der Waals surface area contributed by atoms with E-state index in [-0.39, 0.29) is 0 Å². The minimum absolute atomic E-state index is 0.580. The van der Waals surface area contributed by atoms with Crippen LogP contribution in [0.1, 0.15) is 18.4 Å². The maximum Gasteiger partial charge on any atom is 0.164 e. The quantitative estimate of drug-likeness (QED) is 0.166. The van der Waals surface area contributed by atoms with Gasteiger partial charge in [-0.3, -0.25) is 9.56 Å². The summed E-state index contributed by atoms with van der Waals surface area (Å²) in [7, 11) is 0. The third kappa shape index (κ3) is 4.17. The maximum absolute atomic E-state index is 5.56. The molecule has 0 spiro atoms. The maximum atomic E-state index is 5.56. The monoisotopic (exact) mass is 669 g/mol. The second-order valence-electron chi connectivity index (χ2n) is 13.6. The minimum Gasteiger partial charge on any atom is -0.290 e. The second kappa shape index (κ2) is 10.9. The molecule has 1 aliphatic heterocycles. The number of fused-ring (bicyclic) bond motifs is 13. The molecule has 3 nitrogen and oxygen atoms in total. The van der Waals surface area contributed by atoms with Crippen LogP contribution in [0.3, 0.4) is 0 Å². The van der Waals surface area contributed by atoms with Crippen LogP contribution in [0.4, 0.5) is 0 Å². The highest BCUT2D eigenvalue weighted by atomic mass is 32.1. The number of rotatable bonds is 1. The topological polar surface area (TPSA) is 29.6 Å². The predicted octanol–water partition coefficient (Wildman–Crippen LogP) is 12.5. The summed E-state index contributed by atoms with van der Waals surface area (Å²) in [6.07, 6.45) is 6.39. The zero-order valence-electron chi connectivity index (χ0n) is 27.9. The van der Waals surface area contributed by atoms with Crippen LogP contribution in [0.2, 0.25) is 0 Å². The third-order valence-electron chi connectivity index (χ3n) is 10.8. The van der Waals surface area contributed by atoms with Gasteiger partial charge >= 0.3 is 0 Å². The molecule has 240 valence electrons. The molecule has 0 unspecified atom stereocenters. The smallest absolute Gasteiger partial charge is 0.164 e. The molecule has 11 rings (SSSR count). The van der Waals surface area contributed by atoms with Crippen molar-refractivity contribution < 1.29 is 0 Å². The SMILES string of the molecule is C=C1N=C(n2c3ccccc3c3c4ccccc4c4c(sc5ccc6ccccc6c54)c32)C(c2ccc3ccccc3c2)=NCC2=C1CCC=C2. The molecule has 1 aliphatic carbocycles. The van der Waals surface area contributed by atoms with Crippen molar-refractivity contribution in [3.63, 3.8) is 0 Å². The van der Waals surface area contributed by atoms with Crippen LogP contribution in [-0.4, -0.2) is 22.7 Å². The van der Waals surface area contributed by atoms with Crippen molar-refractivity contribution in [2.75, 3.05) is 6.54 Å². The Labute approximate surface area is 298 Å². The van der Waals surface area contributed by atoms with Gasteiger partial charge < -0.3 is 0 Å². The summed E-state index contributed by atoms with van der Waals surface area (Å²) in [5.41, 5.74) is 7.46. The summed E-state index contributed by atoms with van der Waals surface area (Å²) in [5, 5.41) is 12.5. The van der Waals surface area contributed by atoms with Gasteiger partial charge in [0.05, 0.1) is 28.0 Å². The third-order valence-corrected chi connectivity index (χ3v) is 12.0. The Morgan fingerprint density at radius 2 is 1.35 bits per heavy atom. The predicted molar refractivity (Wildman–Crippen MR) is 220 cm³/mol. The zero-order valence-corrected chi connectivity index (χ0v) is 28.7. The largest absolute Gasteiger partial charge is 0.290 e. The molecule has 2 aromatic heterocycles. The second-order valence-corrected chi connectivity index (χ2v) is 14.7. The molecule has 0 saturated carbocycles. The summed E-state index contributed by atoms with van der Waals surface area (Å²) in [5.74, 6) is 0.821. The summed E-state index contributed by atoms with van der Waals surface area (Å²) >= 11 is 1.88. The van der Waals surface area contributed by atoms with Crippen LogP contribution in [0.5, 0.6) is 0 Å². The molecule has 3 heterocycles. The highest BCUT2D eigenvalue weighted by molar-refractivity contribution is 7.27. The Balaban J connectivity index is 1.33. The van der Waals surface area contributed by atoms with E-state index in [4.69, 9.17) is 9.98 Å². The van der Waals surface area contributed by atoms with Gasteiger partial charge in [0, 0.05) is 31.8 Å². The van der Waals surface area contributed by atoms with E-state index in [0.29, 0.717) is 6.54 Å². The van der Waals surface area contributed by atoms with E-state index in [1.54, 1.807) is 0 Å². The van der Waals surface area contributed by atoms with E-state index < -0.39 is 0 Å². The van der Waals surface area contributed by atoms with Gasteiger partial charge in [-0.1, -0.05) is 128 Å². The highest BCUT2D eigenvalue weighted by Crippen LogP contribution is 2.49.